The largest absolute Gasteiger partial charge is 0.498 e. The van der Waals surface area contributed by atoms with Gasteiger partial charge in [0.25, 0.3) is 0 Å². The molecule has 0 aromatic heterocycles. The van der Waals surface area contributed by atoms with E-state index >= 15 is 0 Å². The van der Waals surface area contributed by atoms with Crippen LogP contribution in [0.5, 0.6) is 5.75 Å². The number of methoxy groups -OCH3 is 3. The van der Waals surface area contributed by atoms with Crippen LogP contribution < -0.4 is 20.7 Å². The molecule has 188 valence electrons. The lowest BCUT2D eigenvalue weighted by Gasteiger charge is -2.25. The number of carbonyl (C=O) groups excluding carboxylic acids is 1. The summed E-state index contributed by atoms with van der Waals surface area (Å²) in [6.45, 7) is 11.1. The van der Waals surface area contributed by atoms with Crippen molar-refractivity contribution < 1.29 is 32.5 Å². The Morgan fingerprint density at radius 3 is 2.51 bits per heavy atom. The van der Waals surface area contributed by atoms with Crippen molar-refractivity contribution in [2.45, 2.75) is 12.2 Å². The van der Waals surface area contributed by atoms with Gasteiger partial charge in [0.2, 0.25) is 11.9 Å². The van der Waals surface area contributed by atoms with Crippen LogP contribution in [0.4, 0.5) is 20.2 Å². The lowest BCUT2D eigenvalue weighted by Crippen LogP contribution is -2.43. The minimum Gasteiger partial charge on any atom is -0.498 e. The number of aliphatic imine (C=N–C) groups is 3. The number of anilines is 2. The predicted octanol–water partition coefficient (Wildman–Crippen LogP) is 2.87. The summed E-state index contributed by atoms with van der Waals surface area (Å²) >= 11 is 0. The molecule has 0 aliphatic carbocycles. The minimum absolute atomic E-state index is 0.0311. The molecule has 1 heterocycles. The van der Waals surface area contributed by atoms with Crippen molar-refractivity contribution in [1.29, 1.82) is 0 Å². The molecule has 1 amide bonds. The molecule has 3 N–H and O–H groups in total. The second-order valence-corrected chi connectivity index (χ2v) is 6.74. The zero-order chi connectivity index (χ0) is 26.2. The van der Waals surface area contributed by atoms with Crippen LogP contribution in [0.1, 0.15) is 0 Å². The van der Waals surface area contributed by atoms with Gasteiger partial charge in [-0.15, -0.1) is 0 Å². The van der Waals surface area contributed by atoms with Gasteiger partial charge in [-0.25, -0.2) is 4.99 Å². The number of hydrogen-bond donors (Lipinski definition) is 3. The minimum atomic E-state index is -3.95. The molecular weight excluding hydrogens is 466 g/mol. The molecule has 0 saturated heterocycles. The van der Waals surface area contributed by atoms with E-state index in [0.717, 1.165) is 0 Å². The first-order valence-corrected chi connectivity index (χ1v) is 9.87. The highest BCUT2D eigenvalue weighted by Crippen LogP contribution is 2.36. The summed E-state index contributed by atoms with van der Waals surface area (Å²) < 4.78 is 47.0. The number of nitrogens with one attached hydrogen (secondary N) is 3. The third kappa shape index (κ3) is 6.86. The van der Waals surface area contributed by atoms with Crippen LogP contribution in [0.3, 0.4) is 0 Å². The Labute approximate surface area is 200 Å². The summed E-state index contributed by atoms with van der Waals surface area (Å²) in [7, 11) is 5.84. The quantitative estimate of drug-likeness (QED) is 0.220. The van der Waals surface area contributed by atoms with E-state index in [1.807, 2.05) is 0 Å². The molecule has 11 nitrogen and oxygen atoms in total. The molecule has 35 heavy (non-hydrogen) atoms. The molecule has 1 aliphatic heterocycles. The molecule has 0 saturated carbocycles. The molecule has 0 bridgehead atoms. The first kappa shape index (κ1) is 27.0. The van der Waals surface area contributed by atoms with E-state index in [9.17, 15) is 13.6 Å². The number of hydrogen-bond acceptors (Lipinski definition) is 6. The van der Waals surface area contributed by atoms with Crippen LogP contribution in [-0.4, -0.2) is 65.1 Å². The zero-order valence-corrected chi connectivity index (χ0v) is 19.6. The van der Waals surface area contributed by atoms with Crippen molar-refractivity contribution >= 4 is 35.9 Å². The van der Waals surface area contributed by atoms with Gasteiger partial charge in [-0.05, 0) is 24.9 Å². The first-order chi connectivity index (χ1) is 16.6. The van der Waals surface area contributed by atoms with E-state index in [-0.39, 0.29) is 23.4 Å². The number of benzene rings is 1. The SMILES string of the molecule is C=NC(=NC(=NC)Nc1ccc2c(c1)NC(=O)C(F)(F)O2)NC(=C)C=C(OC)C(OC)C(=C)OC. The smallest absolute Gasteiger partial charge is 0.482 e. The third-order valence-corrected chi connectivity index (χ3v) is 4.43. The van der Waals surface area contributed by atoms with Gasteiger partial charge in [-0.3, -0.25) is 9.79 Å². The monoisotopic (exact) mass is 492 g/mol. The van der Waals surface area contributed by atoms with Gasteiger partial charge in [0, 0.05) is 31.6 Å². The number of amides is 1. The highest BCUT2D eigenvalue weighted by molar-refractivity contribution is 6.04. The van der Waals surface area contributed by atoms with Crippen molar-refractivity contribution in [1.82, 2.24) is 5.32 Å². The standard InChI is InChI=1S/C22H26F2N6O5/c1-12(10-17(33-6)18(34-7)13(2)32-5)27-20(25-3)30-21(26-4)28-14-8-9-16-15(11-14)29-19(31)22(23,24)35-16/h8-11,18H,1-3H2,4-7H3,(H,29,31)(H2,26,27,28,30). The van der Waals surface area contributed by atoms with Gasteiger partial charge in [0.1, 0.15) is 11.5 Å². The maximum Gasteiger partial charge on any atom is 0.482 e. The number of allylic oxidation sites excluding steroid dienone is 1. The number of ether oxygens (including phenoxy) is 4. The summed E-state index contributed by atoms with van der Waals surface area (Å²) in [4.78, 5) is 23.5. The van der Waals surface area contributed by atoms with E-state index in [4.69, 9.17) is 14.2 Å². The van der Waals surface area contributed by atoms with Gasteiger partial charge >= 0.3 is 12.0 Å². The number of halogens is 2. The molecule has 1 aliphatic rings. The first-order valence-electron chi connectivity index (χ1n) is 9.87. The van der Waals surface area contributed by atoms with E-state index in [2.05, 4.69) is 55.5 Å². The number of guanidine groups is 2. The number of fused-ring (bicyclic) bond motifs is 1. The molecule has 2 rings (SSSR count). The van der Waals surface area contributed by atoms with Crippen molar-refractivity contribution in [3.63, 3.8) is 0 Å². The fourth-order valence-electron chi connectivity index (χ4n) is 2.75. The average Bonchev–Trinajstić information content (AvgIpc) is 2.83. The Kier molecular flexibility index (Phi) is 9.05. The average molecular weight is 492 g/mol. The number of alkyl halides is 2. The molecule has 1 unspecified atom stereocenters. The number of rotatable bonds is 8. The molecule has 1 aromatic rings. The maximum atomic E-state index is 13.4. The molecule has 0 spiro atoms. The van der Waals surface area contributed by atoms with E-state index in [1.54, 1.807) is 0 Å². The highest BCUT2D eigenvalue weighted by Gasteiger charge is 2.46. The predicted molar refractivity (Wildman–Crippen MR) is 129 cm³/mol. The summed E-state index contributed by atoms with van der Waals surface area (Å²) in [5.74, 6) is -0.964. The Morgan fingerprint density at radius 1 is 1.23 bits per heavy atom. The van der Waals surface area contributed by atoms with Crippen molar-refractivity contribution in [3.05, 3.63) is 54.6 Å². The van der Waals surface area contributed by atoms with Crippen molar-refractivity contribution in [2.24, 2.45) is 15.0 Å². The molecule has 1 atom stereocenters. The summed E-state index contributed by atoms with van der Waals surface area (Å²) in [5, 5.41) is 7.81. The molecule has 13 heteroatoms. The van der Waals surface area contributed by atoms with E-state index in [1.165, 1.54) is 52.7 Å². The lowest BCUT2D eigenvalue weighted by atomic mass is 10.2. The Hall–Kier alpha value is -4.26. The Balaban J connectivity index is 2.17. The van der Waals surface area contributed by atoms with Gasteiger partial charge in [0.15, 0.2) is 11.9 Å². The lowest BCUT2D eigenvalue weighted by molar-refractivity contribution is -0.189. The summed E-state index contributed by atoms with van der Waals surface area (Å²) in [6.07, 6.45) is -3.08. The van der Waals surface area contributed by atoms with Crippen LogP contribution >= 0.6 is 0 Å². The van der Waals surface area contributed by atoms with Crippen LogP contribution in [0.2, 0.25) is 0 Å². The second-order valence-electron chi connectivity index (χ2n) is 6.74. The second kappa shape index (κ2) is 11.7. The fourth-order valence-corrected chi connectivity index (χ4v) is 2.75. The van der Waals surface area contributed by atoms with Crippen LogP contribution in [-0.2, 0) is 19.0 Å². The van der Waals surface area contributed by atoms with Crippen LogP contribution in [0.15, 0.2) is 69.6 Å². The molecule has 0 fully saturated rings. The summed E-state index contributed by atoms with van der Waals surface area (Å²) in [5.41, 5.74) is 0.762. The zero-order valence-electron chi connectivity index (χ0n) is 19.6. The van der Waals surface area contributed by atoms with E-state index in [0.29, 0.717) is 22.9 Å². The fraction of sp³-hybridized carbons (Fsp3) is 0.273. The number of nitrogens with zero attached hydrogens (tertiary/aromatic N) is 3. The third-order valence-electron chi connectivity index (χ3n) is 4.43. The van der Waals surface area contributed by atoms with Gasteiger partial charge in [-0.2, -0.15) is 13.8 Å². The van der Waals surface area contributed by atoms with Crippen LogP contribution in [0, 0.1) is 0 Å². The Bertz CT molecular complexity index is 1100. The van der Waals surface area contributed by atoms with Gasteiger partial charge < -0.3 is 34.9 Å². The number of carbonyl (C=O) groups is 1. The molecule has 0 radical (unpaired) electrons. The molecular formula is C22H26F2N6O5. The normalized spacial score (nSPS) is 16.2. The Morgan fingerprint density at radius 2 is 1.94 bits per heavy atom. The maximum absolute atomic E-state index is 13.4. The van der Waals surface area contributed by atoms with Crippen molar-refractivity contribution in [3.8, 4) is 5.75 Å². The van der Waals surface area contributed by atoms with E-state index < -0.39 is 18.1 Å². The molecule has 1 aromatic carbocycles. The topological polar surface area (TPSA) is 127 Å². The highest BCUT2D eigenvalue weighted by atomic mass is 19.3. The van der Waals surface area contributed by atoms with Gasteiger partial charge in [-0.1, -0.05) is 13.2 Å². The van der Waals surface area contributed by atoms with Crippen molar-refractivity contribution in [2.75, 3.05) is 39.0 Å². The van der Waals surface area contributed by atoms with Crippen LogP contribution in [0.25, 0.3) is 0 Å². The summed E-state index contributed by atoms with van der Waals surface area (Å²) in [6, 6.07) is 4.10. The van der Waals surface area contributed by atoms with Gasteiger partial charge in [0.05, 0.1) is 19.9 Å².